The number of nitrogens with zero attached hydrogens (tertiary/aromatic N) is 4. The van der Waals surface area contributed by atoms with Crippen LogP contribution in [0.2, 0.25) is 0 Å². The van der Waals surface area contributed by atoms with Gasteiger partial charge >= 0.3 is 5.70 Å². The molecule has 1 heterocycles. The second-order valence-electron chi connectivity index (χ2n) is 15.2. The summed E-state index contributed by atoms with van der Waals surface area (Å²) in [5, 5.41) is 17.8. The minimum absolute atomic E-state index is 0.00887. The lowest BCUT2D eigenvalue weighted by Crippen LogP contribution is -2.15. The quantitative estimate of drug-likeness (QED) is 0.131. The fraction of sp³-hybridized carbons (Fsp3) is 0.286. The number of diazo groups is 1. The van der Waals surface area contributed by atoms with E-state index >= 15 is 0 Å². The van der Waals surface area contributed by atoms with Crippen molar-refractivity contribution in [2.75, 3.05) is 0 Å². The van der Waals surface area contributed by atoms with Crippen LogP contribution >= 0.6 is 75.1 Å². The van der Waals surface area contributed by atoms with Crippen molar-refractivity contribution in [3.05, 3.63) is 164 Å². The summed E-state index contributed by atoms with van der Waals surface area (Å²) in [6.45, 7) is 21.5. The first-order valence-electron chi connectivity index (χ1n) is 16.5. The van der Waals surface area contributed by atoms with Crippen LogP contribution in [0.15, 0.2) is 83.7 Å². The zero-order valence-corrected chi connectivity index (χ0v) is 37.6. The summed E-state index contributed by atoms with van der Waals surface area (Å²) in [5.74, 6) is 0. The highest BCUT2D eigenvalue weighted by atomic mass is 79.9. The van der Waals surface area contributed by atoms with Crippen LogP contribution in [0.3, 0.4) is 0 Å². The molecule has 0 radical (unpaired) electrons. The predicted molar refractivity (Wildman–Crippen MR) is 228 cm³/mol. The van der Waals surface area contributed by atoms with Gasteiger partial charge < -0.3 is 10.6 Å². The lowest BCUT2D eigenvalue weighted by Gasteiger charge is -2.23. The zero-order valence-electron chi connectivity index (χ0n) is 30.5. The number of halogens is 4. The molecular weight excluding hydrogens is 912 g/mol. The maximum atomic E-state index is 10.3. The molecule has 0 aliphatic heterocycles. The summed E-state index contributed by atoms with van der Waals surface area (Å²) in [6, 6.07) is 21.3. The maximum Gasteiger partial charge on any atom is 0.402 e. The molecule has 0 fully saturated rings. The molecule has 9 heteroatoms. The van der Waals surface area contributed by atoms with E-state index in [-0.39, 0.29) is 10.8 Å². The van der Waals surface area contributed by atoms with Crippen LogP contribution in [0.1, 0.15) is 86.1 Å². The number of thiophene rings is 1. The maximum absolute atomic E-state index is 10.3. The van der Waals surface area contributed by atoms with Crippen molar-refractivity contribution in [2.45, 2.75) is 80.1 Å². The van der Waals surface area contributed by atoms with Gasteiger partial charge in [-0.15, -0.1) is 11.3 Å². The molecule has 0 aliphatic carbocycles. The van der Waals surface area contributed by atoms with Crippen LogP contribution < -0.4 is 10.4 Å². The van der Waals surface area contributed by atoms with Crippen molar-refractivity contribution in [3.8, 4) is 0 Å². The number of hydrogen-bond acceptors (Lipinski definition) is 3. The first-order valence-corrected chi connectivity index (χ1v) is 20.5. The molecule has 0 spiro atoms. The molecule has 5 rings (SSSR count). The zero-order chi connectivity index (χ0) is 37.7. The van der Waals surface area contributed by atoms with E-state index < -0.39 is 0 Å². The van der Waals surface area contributed by atoms with Gasteiger partial charge in [-0.05, 0) is 151 Å². The average molecular weight is 952 g/mol. The summed E-state index contributed by atoms with van der Waals surface area (Å²) in [6.07, 6.45) is 0. The van der Waals surface area contributed by atoms with Crippen molar-refractivity contribution < 1.29 is 0 Å². The molecular formula is C42H40Br4N4S. The molecule has 4 aromatic carbocycles. The van der Waals surface area contributed by atoms with E-state index in [4.69, 9.17) is 0 Å². The molecule has 51 heavy (non-hydrogen) atoms. The van der Waals surface area contributed by atoms with Gasteiger partial charge in [0, 0.05) is 37.7 Å². The summed E-state index contributed by atoms with van der Waals surface area (Å²) in [7, 11) is 0. The van der Waals surface area contributed by atoms with Crippen molar-refractivity contribution in [1.29, 1.82) is 5.39 Å². The van der Waals surface area contributed by atoms with Gasteiger partial charge in [0.2, 0.25) is 5.39 Å². The fourth-order valence-electron chi connectivity index (χ4n) is 6.52. The van der Waals surface area contributed by atoms with Gasteiger partial charge in [-0.1, -0.05) is 97.7 Å². The Balaban J connectivity index is 1.72. The first kappa shape index (κ1) is 39.5. The molecule has 4 nitrogen and oxygen atoms in total. The highest BCUT2D eigenvalue weighted by Crippen LogP contribution is 2.33. The molecule has 0 bridgehead atoms. The first-order chi connectivity index (χ1) is 23.8. The summed E-state index contributed by atoms with van der Waals surface area (Å²) in [4.78, 5) is 3.82. The molecule has 0 amide bonds. The van der Waals surface area contributed by atoms with Crippen molar-refractivity contribution in [1.82, 2.24) is 0 Å². The molecule has 0 N–H and O–H groups in total. The van der Waals surface area contributed by atoms with Gasteiger partial charge in [0.1, 0.15) is 0 Å². The second-order valence-corrected chi connectivity index (χ2v) is 19.7. The largest absolute Gasteiger partial charge is 0.706 e. The number of rotatable bonds is 3. The van der Waals surface area contributed by atoms with E-state index in [1.165, 1.54) is 11.1 Å². The van der Waals surface area contributed by atoms with Crippen molar-refractivity contribution >= 4 is 86.5 Å². The third kappa shape index (κ3) is 7.96. The van der Waals surface area contributed by atoms with Crippen LogP contribution in [0.25, 0.3) is 21.9 Å². The molecule has 5 aromatic rings. The highest BCUT2D eigenvalue weighted by molar-refractivity contribution is 9.11. The fourth-order valence-corrected chi connectivity index (χ4v) is 10.6. The molecule has 1 aromatic heterocycles. The van der Waals surface area contributed by atoms with Gasteiger partial charge in [-0.2, -0.15) is 0 Å². The Morgan fingerprint density at radius 2 is 0.961 bits per heavy atom. The minimum atomic E-state index is 0.00887. The average Bonchev–Trinajstić information content (AvgIpc) is 3.51. The minimum Gasteiger partial charge on any atom is -0.706 e. The number of hydrogen-bond donors (Lipinski definition) is 0. The van der Waals surface area contributed by atoms with Crippen LogP contribution in [-0.4, -0.2) is 0 Å². The van der Waals surface area contributed by atoms with Crippen LogP contribution in [0.4, 0.5) is 0 Å². The lowest BCUT2D eigenvalue weighted by atomic mass is 9.83. The van der Waals surface area contributed by atoms with Gasteiger partial charge in [-0.3, -0.25) is 0 Å². The second kappa shape index (κ2) is 14.9. The van der Waals surface area contributed by atoms with Crippen LogP contribution in [0.5, 0.6) is 0 Å². The molecule has 0 aliphatic rings. The third-order valence-corrected chi connectivity index (χ3v) is 12.9. The van der Waals surface area contributed by atoms with Crippen molar-refractivity contribution in [3.63, 3.8) is 0 Å². The molecule has 0 saturated heterocycles. The molecule has 0 unspecified atom stereocenters. The standard InChI is InChI=1S/C42H40Br4N4S/c1-21-13-27(41(5,6)7)14-22(2)35(21)39(49-47)37-29(43)17-25(18-30(37)44)33-11-12-34(51-33)26-19-31(45)38(32(46)20-26)40(50-48)36-23(3)15-28(16-24(36)4)42(8,9)10/h11-20H,1-10H3. The Labute approximate surface area is 337 Å². The Bertz CT molecular complexity index is 2520. The van der Waals surface area contributed by atoms with Gasteiger partial charge in [0.25, 0.3) is 0 Å². The summed E-state index contributed by atoms with van der Waals surface area (Å²) in [5.41, 5.74) is 19.9. The molecule has 262 valence electrons. The smallest absolute Gasteiger partial charge is 0.402 e. The Hall–Kier alpha value is -2.74. The van der Waals surface area contributed by atoms with E-state index in [0.29, 0.717) is 11.4 Å². The lowest BCUT2D eigenvalue weighted by molar-refractivity contribution is 0.589. The van der Waals surface area contributed by atoms with Gasteiger partial charge in [0.05, 0.1) is 16.5 Å². The van der Waals surface area contributed by atoms with E-state index in [1.807, 2.05) is 0 Å². The van der Waals surface area contributed by atoms with Crippen LogP contribution in [0, 0.1) is 52.6 Å². The number of benzene rings is 4. The van der Waals surface area contributed by atoms with Crippen molar-refractivity contribution in [2.24, 2.45) is 5.11 Å². The topological polar surface area (TPSA) is 62.8 Å². The predicted octanol–water partition coefficient (Wildman–Crippen LogP) is 13.4. The van der Waals surface area contributed by atoms with E-state index in [1.54, 1.807) is 11.3 Å². The monoisotopic (exact) mass is 948 g/mol. The SMILES string of the molecule is Cc1cc(C(C)(C)C)cc(C)c1C(N=[N-])=c1c(Br)cc(=c2ccc(=c3cc(Br)c(=C([N+]#N)c4c(C)cc(C(C)(C)C)cc4C)c(Br)c3)s2)cc1Br. The van der Waals surface area contributed by atoms with E-state index in [9.17, 15) is 10.9 Å². The highest BCUT2D eigenvalue weighted by Gasteiger charge is 2.26. The van der Waals surface area contributed by atoms with E-state index in [2.05, 4.69) is 204 Å². The Kier molecular flexibility index (Phi) is 11.6. The third-order valence-electron chi connectivity index (χ3n) is 9.20. The van der Waals surface area contributed by atoms with Gasteiger partial charge in [-0.25, -0.2) is 0 Å². The normalized spacial score (nSPS) is 11.8. The van der Waals surface area contributed by atoms with E-state index in [0.717, 1.165) is 81.2 Å². The van der Waals surface area contributed by atoms with Gasteiger partial charge in [0.15, 0.2) is 4.98 Å². The molecule has 0 atom stereocenters. The molecule has 0 saturated carbocycles. The Morgan fingerprint density at radius 1 is 0.608 bits per heavy atom. The number of aryl methyl sites for hydroxylation is 4. The summed E-state index contributed by atoms with van der Waals surface area (Å²) < 4.78 is 5.45. The Morgan fingerprint density at radius 3 is 1.29 bits per heavy atom. The summed E-state index contributed by atoms with van der Waals surface area (Å²) >= 11 is 16.9. The van der Waals surface area contributed by atoms with Crippen LogP contribution in [-0.2, 0) is 10.8 Å².